The van der Waals surface area contributed by atoms with Crippen LogP contribution < -0.4 is 10.2 Å². The number of hydrogen-bond acceptors (Lipinski definition) is 5. The second kappa shape index (κ2) is 9.65. The molecule has 21 heavy (non-hydrogen) atoms. The Labute approximate surface area is 126 Å². The molecule has 1 N–H and O–H groups in total. The van der Waals surface area contributed by atoms with Crippen molar-refractivity contribution in [1.82, 2.24) is 10.3 Å². The summed E-state index contributed by atoms with van der Waals surface area (Å²) < 4.78 is 23.9. The van der Waals surface area contributed by atoms with Crippen LogP contribution in [-0.2, 0) is 16.0 Å². The number of aromatic nitrogens is 1. The minimum Gasteiger partial charge on any atom is -0.383 e. The SMILES string of the molecule is CCNCc1cc(F)cnc1N(CCOC)C(C)COC. The number of ether oxygens (including phenoxy) is 2. The van der Waals surface area contributed by atoms with E-state index in [1.165, 1.54) is 12.3 Å². The molecule has 0 aliphatic carbocycles. The molecule has 1 heterocycles. The molecule has 0 aliphatic heterocycles. The molecule has 0 bridgehead atoms. The van der Waals surface area contributed by atoms with Gasteiger partial charge >= 0.3 is 0 Å². The van der Waals surface area contributed by atoms with Crippen molar-refractivity contribution < 1.29 is 13.9 Å². The first-order valence-corrected chi connectivity index (χ1v) is 7.23. The van der Waals surface area contributed by atoms with Crippen LogP contribution in [0.4, 0.5) is 10.2 Å². The molecule has 0 fully saturated rings. The van der Waals surface area contributed by atoms with Crippen molar-refractivity contribution in [2.75, 3.05) is 45.4 Å². The summed E-state index contributed by atoms with van der Waals surface area (Å²) in [4.78, 5) is 6.38. The zero-order valence-corrected chi connectivity index (χ0v) is 13.4. The van der Waals surface area contributed by atoms with Crippen LogP contribution in [0, 0.1) is 5.82 Å². The molecule has 1 aromatic heterocycles. The van der Waals surface area contributed by atoms with Crippen molar-refractivity contribution in [3.05, 3.63) is 23.6 Å². The van der Waals surface area contributed by atoms with E-state index >= 15 is 0 Å². The molecule has 120 valence electrons. The van der Waals surface area contributed by atoms with E-state index in [9.17, 15) is 4.39 Å². The van der Waals surface area contributed by atoms with Gasteiger partial charge in [0.2, 0.25) is 0 Å². The quantitative estimate of drug-likeness (QED) is 0.714. The summed E-state index contributed by atoms with van der Waals surface area (Å²) in [6.45, 7) is 7.31. The van der Waals surface area contributed by atoms with Crippen molar-refractivity contribution in [3.8, 4) is 0 Å². The third kappa shape index (κ3) is 5.57. The molecule has 5 nitrogen and oxygen atoms in total. The molecule has 0 radical (unpaired) electrons. The number of halogens is 1. The van der Waals surface area contributed by atoms with Crippen LogP contribution in [0.3, 0.4) is 0 Å². The van der Waals surface area contributed by atoms with Crippen molar-refractivity contribution in [1.29, 1.82) is 0 Å². The zero-order chi connectivity index (χ0) is 15.7. The molecule has 1 aromatic rings. The number of nitrogens with one attached hydrogen (secondary N) is 1. The van der Waals surface area contributed by atoms with Gasteiger partial charge in [0.25, 0.3) is 0 Å². The highest BCUT2D eigenvalue weighted by Crippen LogP contribution is 2.21. The largest absolute Gasteiger partial charge is 0.383 e. The second-order valence-corrected chi connectivity index (χ2v) is 4.91. The van der Waals surface area contributed by atoms with Crippen molar-refractivity contribution in [2.45, 2.75) is 26.4 Å². The van der Waals surface area contributed by atoms with E-state index in [0.29, 0.717) is 26.3 Å². The first-order chi connectivity index (χ1) is 10.1. The van der Waals surface area contributed by atoms with Gasteiger partial charge in [-0.1, -0.05) is 6.92 Å². The minimum absolute atomic E-state index is 0.128. The third-order valence-electron chi connectivity index (χ3n) is 3.22. The summed E-state index contributed by atoms with van der Waals surface area (Å²) in [7, 11) is 3.33. The number of methoxy groups -OCH3 is 2. The number of rotatable bonds is 10. The molecule has 0 amide bonds. The van der Waals surface area contributed by atoms with E-state index in [-0.39, 0.29) is 11.9 Å². The van der Waals surface area contributed by atoms with Gasteiger partial charge in [-0.2, -0.15) is 0 Å². The topological polar surface area (TPSA) is 46.6 Å². The van der Waals surface area contributed by atoms with Crippen LogP contribution in [0.5, 0.6) is 0 Å². The second-order valence-electron chi connectivity index (χ2n) is 4.91. The predicted molar refractivity (Wildman–Crippen MR) is 82.1 cm³/mol. The summed E-state index contributed by atoms with van der Waals surface area (Å²) in [6.07, 6.45) is 1.25. The third-order valence-corrected chi connectivity index (χ3v) is 3.22. The van der Waals surface area contributed by atoms with Gasteiger partial charge in [-0.15, -0.1) is 0 Å². The lowest BCUT2D eigenvalue weighted by molar-refractivity contribution is 0.170. The van der Waals surface area contributed by atoms with E-state index in [2.05, 4.69) is 22.1 Å². The Morgan fingerprint density at radius 3 is 2.76 bits per heavy atom. The lowest BCUT2D eigenvalue weighted by atomic mass is 10.2. The van der Waals surface area contributed by atoms with E-state index in [1.807, 2.05) is 6.92 Å². The standard InChI is InChI=1S/C15H26FN3O2/c1-5-17-9-13-8-14(16)10-18-15(13)19(6-7-20-3)12(2)11-21-4/h8,10,12,17H,5-7,9,11H2,1-4H3. The average Bonchev–Trinajstić information content (AvgIpc) is 2.47. The number of nitrogens with zero attached hydrogens (tertiary/aromatic N) is 2. The summed E-state index contributed by atoms with van der Waals surface area (Å²) in [5.74, 6) is 0.455. The van der Waals surface area contributed by atoms with E-state index in [0.717, 1.165) is 17.9 Å². The Hall–Kier alpha value is -1.24. The van der Waals surface area contributed by atoms with Gasteiger partial charge in [-0.05, 0) is 19.5 Å². The molecule has 6 heteroatoms. The smallest absolute Gasteiger partial charge is 0.141 e. The molecule has 0 saturated heterocycles. The van der Waals surface area contributed by atoms with Crippen LogP contribution in [-0.4, -0.2) is 51.5 Å². The summed E-state index contributed by atoms with van der Waals surface area (Å²) in [5.41, 5.74) is 0.843. The van der Waals surface area contributed by atoms with Gasteiger partial charge in [0.1, 0.15) is 11.6 Å². The molecule has 0 saturated carbocycles. The highest BCUT2D eigenvalue weighted by molar-refractivity contribution is 5.48. The maximum absolute atomic E-state index is 13.5. The van der Waals surface area contributed by atoms with Gasteiger partial charge in [-0.3, -0.25) is 0 Å². The van der Waals surface area contributed by atoms with Crippen LogP contribution in [0.25, 0.3) is 0 Å². The Balaban J connectivity index is 3.03. The lowest BCUT2D eigenvalue weighted by Crippen LogP contribution is -2.40. The molecule has 1 rings (SSSR count). The molecule has 1 unspecified atom stereocenters. The van der Waals surface area contributed by atoms with Gasteiger partial charge in [-0.25, -0.2) is 9.37 Å². The lowest BCUT2D eigenvalue weighted by Gasteiger charge is -2.31. The zero-order valence-electron chi connectivity index (χ0n) is 13.4. The number of hydrogen-bond donors (Lipinski definition) is 1. The Morgan fingerprint density at radius 1 is 1.38 bits per heavy atom. The van der Waals surface area contributed by atoms with E-state index < -0.39 is 0 Å². The molecule has 1 atom stereocenters. The van der Waals surface area contributed by atoms with Crippen molar-refractivity contribution in [2.24, 2.45) is 0 Å². The summed E-state index contributed by atoms with van der Waals surface area (Å²) >= 11 is 0. The molecular weight excluding hydrogens is 273 g/mol. The highest BCUT2D eigenvalue weighted by Gasteiger charge is 2.19. The maximum Gasteiger partial charge on any atom is 0.141 e. The summed E-state index contributed by atoms with van der Waals surface area (Å²) in [5, 5.41) is 3.22. The monoisotopic (exact) mass is 299 g/mol. The summed E-state index contributed by atoms with van der Waals surface area (Å²) in [6, 6.07) is 1.66. The van der Waals surface area contributed by atoms with E-state index in [4.69, 9.17) is 9.47 Å². The van der Waals surface area contributed by atoms with Gasteiger partial charge in [0.05, 0.1) is 25.5 Å². The Bertz CT molecular complexity index is 418. The van der Waals surface area contributed by atoms with Crippen LogP contribution in [0.15, 0.2) is 12.3 Å². The van der Waals surface area contributed by atoms with Gasteiger partial charge in [0.15, 0.2) is 0 Å². The number of pyridine rings is 1. The fourth-order valence-corrected chi connectivity index (χ4v) is 2.18. The van der Waals surface area contributed by atoms with Crippen LogP contribution >= 0.6 is 0 Å². The molecule has 0 aliphatic rings. The van der Waals surface area contributed by atoms with E-state index in [1.54, 1.807) is 14.2 Å². The van der Waals surface area contributed by atoms with Gasteiger partial charge in [0, 0.05) is 32.9 Å². The number of anilines is 1. The predicted octanol–water partition coefficient (Wildman–Crippen LogP) is 1.82. The Kier molecular flexibility index (Phi) is 8.19. The van der Waals surface area contributed by atoms with Crippen molar-refractivity contribution >= 4 is 5.82 Å². The fourth-order valence-electron chi connectivity index (χ4n) is 2.18. The molecular formula is C15H26FN3O2. The maximum atomic E-state index is 13.5. The first-order valence-electron chi connectivity index (χ1n) is 7.23. The fraction of sp³-hybridized carbons (Fsp3) is 0.667. The van der Waals surface area contributed by atoms with Crippen molar-refractivity contribution in [3.63, 3.8) is 0 Å². The van der Waals surface area contributed by atoms with Crippen LogP contribution in [0.1, 0.15) is 19.4 Å². The average molecular weight is 299 g/mol. The first kappa shape index (κ1) is 17.8. The molecule has 0 aromatic carbocycles. The van der Waals surface area contributed by atoms with Crippen LogP contribution in [0.2, 0.25) is 0 Å². The molecule has 0 spiro atoms. The normalized spacial score (nSPS) is 12.4. The minimum atomic E-state index is -0.322. The Morgan fingerprint density at radius 2 is 2.14 bits per heavy atom. The van der Waals surface area contributed by atoms with Gasteiger partial charge < -0.3 is 19.7 Å². The highest BCUT2D eigenvalue weighted by atomic mass is 19.1.